The van der Waals surface area contributed by atoms with Crippen molar-refractivity contribution in [2.75, 3.05) is 0 Å². The predicted octanol–water partition coefficient (Wildman–Crippen LogP) is -4.00. The van der Waals surface area contributed by atoms with Gasteiger partial charge in [0.15, 0.2) is 0 Å². The lowest BCUT2D eigenvalue weighted by Gasteiger charge is -2.65. The van der Waals surface area contributed by atoms with Crippen molar-refractivity contribution in [1.82, 2.24) is 0 Å². The van der Waals surface area contributed by atoms with Crippen LogP contribution in [-0.4, -0.2) is 77.7 Å². The number of Topliss-reactive ketones (excluding diaryl/α,β-unsaturated/α-hetero) is 2. The average Bonchev–Trinajstić information content (AvgIpc) is 2.71. The molecule has 5 unspecified atom stereocenters. The van der Waals surface area contributed by atoms with Gasteiger partial charge >= 0.3 is 0 Å². The first-order chi connectivity index (χ1) is 13.0. The average molecular weight is 385 g/mol. The summed E-state index contributed by atoms with van der Waals surface area (Å²) >= 11 is 0. The topological polar surface area (TPSA) is 54.4 Å². The van der Waals surface area contributed by atoms with Gasteiger partial charge < -0.3 is 9.90 Å². The molecule has 4 rings (SSSR count). The highest BCUT2D eigenvalue weighted by Crippen LogP contribution is 2.72. The highest BCUT2D eigenvalue weighted by molar-refractivity contribution is 6.59. The van der Waals surface area contributed by atoms with Crippen LogP contribution in [0, 0.1) is 28.6 Å². The first-order valence-corrected chi connectivity index (χ1v) is 11.5. The monoisotopic (exact) mass is 386 g/mol. The van der Waals surface area contributed by atoms with Crippen molar-refractivity contribution in [2.24, 2.45) is 28.6 Å². The molecule has 6 atom stereocenters. The number of carbonyl (C=O) groups is 2. The minimum absolute atomic E-state index is 0.0973. The fourth-order valence-corrected chi connectivity index (χ4v) is 9.33. The van der Waals surface area contributed by atoms with Crippen molar-refractivity contribution in [3.63, 3.8) is 0 Å². The Morgan fingerprint density at radius 1 is 0.862 bits per heavy atom. The molecule has 148 valence electrons. The molecule has 0 spiro atoms. The van der Waals surface area contributed by atoms with Gasteiger partial charge in [-0.25, -0.2) is 0 Å². The van der Waals surface area contributed by atoms with Crippen LogP contribution in [-0.2, 0) is 9.59 Å². The Morgan fingerprint density at radius 2 is 1.45 bits per heavy atom. The van der Waals surface area contributed by atoms with E-state index in [1.54, 1.807) is 0 Å². The summed E-state index contributed by atoms with van der Waals surface area (Å²) in [4.78, 5) is 26.5. The second kappa shape index (κ2) is 5.84. The minimum Gasteiger partial charge on any atom is -0.393 e. The maximum Gasteiger partial charge on any atom is 0.143 e. The van der Waals surface area contributed by atoms with Crippen molar-refractivity contribution >= 4 is 66.5 Å². The number of hydrogen-bond acceptors (Lipinski definition) is 3. The zero-order chi connectivity index (χ0) is 21.9. The summed E-state index contributed by atoms with van der Waals surface area (Å²) in [5.41, 5.74) is 1.58. The summed E-state index contributed by atoms with van der Waals surface area (Å²) in [5, 5.41) is 10.7. The quantitative estimate of drug-likeness (QED) is 0.433. The van der Waals surface area contributed by atoms with E-state index in [1.807, 2.05) is 7.85 Å². The van der Waals surface area contributed by atoms with Crippen LogP contribution in [0.2, 0.25) is 15.6 Å². The van der Waals surface area contributed by atoms with Gasteiger partial charge in [0.1, 0.15) is 66.5 Å². The van der Waals surface area contributed by atoms with Gasteiger partial charge in [0.25, 0.3) is 0 Å². The Labute approximate surface area is 182 Å². The number of hydrogen-bond donors (Lipinski definition) is 1. The molecule has 0 saturated heterocycles. The molecule has 1 N–H and O–H groups in total. The molecule has 0 heterocycles. The highest BCUT2D eigenvalue weighted by Gasteiger charge is 2.68. The number of allylic oxidation sites excluding steroid dienone is 1. The molecule has 0 aromatic rings. The Hall–Kier alpha value is -0.505. The zero-order valence-corrected chi connectivity index (χ0v) is 19.9. The molecule has 0 aromatic carbocycles. The van der Waals surface area contributed by atoms with Gasteiger partial charge in [0.05, 0.1) is 6.10 Å². The van der Waals surface area contributed by atoms with Crippen LogP contribution in [0.4, 0.5) is 0 Å². The Bertz CT molecular complexity index is 851. The van der Waals surface area contributed by atoms with E-state index in [2.05, 4.69) is 60.9 Å². The summed E-state index contributed by atoms with van der Waals surface area (Å²) in [6.45, 7) is 4.43. The second-order valence-corrected chi connectivity index (χ2v) is 13.3. The minimum atomic E-state index is -0.494. The fraction of sp³-hybridized carbons (Fsp3) is 0.789. The van der Waals surface area contributed by atoms with Crippen molar-refractivity contribution in [3.8, 4) is 0 Å². The summed E-state index contributed by atoms with van der Waals surface area (Å²) in [6.07, 6.45) is 2.73. The molecular weight excluding hydrogens is 352 g/mol. The Morgan fingerprint density at radius 3 is 2.03 bits per heavy atom. The van der Waals surface area contributed by atoms with Gasteiger partial charge in [0.2, 0.25) is 0 Å². The van der Waals surface area contributed by atoms with E-state index < -0.39 is 16.7 Å². The lowest BCUT2D eigenvalue weighted by Crippen LogP contribution is -2.61. The number of rotatable bonds is 0. The zero-order valence-electron chi connectivity index (χ0n) is 19.9. The molecule has 29 heavy (non-hydrogen) atoms. The molecule has 3 saturated carbocycles. The highest BCUT2D eigenvalue weighted by atomic mass is 16.3. The van der Waals surface area contributed by atoms with Gasteiger partial charge in [-0.3, -0.25) is 4.79 Å². The van der Waals surface area contributed by atoms with Crippen LogP contribution in [0.15, 0.2) is 11.0 Å². The molecule has 10 heteroatoms. The van der Waals surface area contributed by atoms with Crippen LogP contribution < -0.4 is 0 Å². The predicted molar refractivity (Wildman–Crippen MR) is 136 cm³/mol. The van der Waals surface area contributed by atoms with E-state index >= 15 is 0 Å². The smallest absolute Gasteiger partial charge is 0.143 e. The van der Waals surface area contributed by atoms with E-state index in [0.29, 0.717) is 24.0 Å². The van der Waals surface area contributed by atoms with Crippen molar-refractivity contribution in [3.05, 3.63) is 11.0 Å². The van der Waals surface area contributed by atoms with Crippen LogP contribution in [0.3, 0.4) is 0 Å². The standard InChI is InChI=1S/C19H33B7O3/c1-15-5-9(27)10-7(8(15)4-18(23,24)14(15)29)3-17(21,22)12-11(20)13(28)19(25,26)6-16(10,12)2/h7-10,27H,3-6,20-26H2,1-2H3/t7?,8?,9-,10?,15?,16?/m0/s1. The number of ketones is 2. The lowest BCUT2D eigenvalue weighted by atomic mass is 9.28. The van der Waals surface area contributed by atoms with Crippen molar-refractivity contribution in [1.29, 1.82) is 0 Å². The number of fused-ring (bicyclic) bond motifs is 5. The molecule has 4 aliphatic carbocycles. The van der Waals surface area contributed by atoms with E-state index in [-0.39, 0.29) is 27.5 Å². The summed E-state index contributed by atoms with van der Waals surface area (Å²) in [6, 6.07) is 0. The van der Waals surface area contributed by atoms with Crippen molar-refractivity contribution < 1.29 is 14.7 Å². The van der Waals surface area contributed by atoms with Gasteiger partial charge in [-0.05, 0) is 51.9 Å². The molecule has 0 bridgehead atoms. The van der Waals surface area contributed by atoms with E-state index in [9.17, 15) is 14.7 Å². The van der Waals surface area contributed by atoms with E-state index in [1.165, 1.54) is 5.57 Å². The second-order valence-electron chi connectivity index (χ2n) is 13.3. The van der Waals surface area contributed by atoms with E-state index in [4.69, 9.17) is 0 Å². The number of carbonyl (C=O) groups excluding carboxylic acids is 2. The molecule has 0 amide bonds. The third kappa shape index (κ3) is 2.63. The summed E-state index contributed by atoms with van der Waals surface area (Å²) in [7, 11) is 14.9. The summed E-state index contributed by atoms with van der Waals surface area (Å²) in [5.74, 6) is 1.36. The number of aliphatic hydroxyl groups is 1. The van der Waals surface area contributed by atoms with Crippen LogP contribution in [0.5, 0.6) is 0 Å². The normalized spacial score (nSPS) is 47.3. The van der Waals surface area contributed by atoms with E-state index in [0.717, 1.165) is 24.7 Å². The Kier molecular flexibility index (Phi) is 4.37. The van der Waals surface area contributed by atoms with Gasteiger partial charge in [-0.15, -0.1) is 0 Å². The Balaban J connectivity index is 1.91. The lowest BCUT2D eigenvalue weighted by molar-refractivity contribution is -0.148. The van der Waals surface area contributed by atoms with Crippen LogP contribution in [0.1, 0.15) is 39.5 Å². The molecule has 0 aliphatic heterocycles. The third-order valence-electron chi connectivity index (χ3n) is 9.58. The molecular formula is C19H33B7O3. The molecule has 3 fully saturated rings. The molecule has 4 aliphatic rings. The van der Waals surface area contributed by atoms with Gasteiger partial charge in [-0.2, -0.15) is 0 Å². The van der Waals surface area contributed by atoms with Gasteiger partial charge in [0, 0.05) is 5.41 Å². The first kappa shape index (κ1) is 21.7. The fourth-order valence-electron chi connectivity index (χ4n) is 9.33. The maximum atomic E-state index is 13.4. The van der Waals surface area contributed by atoms with Crippen molar-refractivity contribution in [2.45, 2.75) is 61.3 Å². The van der Waals surface area contributed by atoms with Gasteiger partial charge in [-0.1, -0.05) is 37.5 Å². The molecule has 3 nitrogen and oxygen atoms in total. The largest absolute Gasteiger partial charge is 0.393 e. The van der Waals surface area contributed by atoms with Crippen LogP contribution in [0.25, 0.3) is 0 Å². The number of aliphatic hydroxyl groups excluding tert-OH is 1. The SMILES string of the molecule is BC1=C2C(B)(B)CC3C4CC(B)(B)C(=O)C4(C)C[C@H](O)C3C2(C)CC(B)(B)C1=O. The first-order valence-electron chi connectivity index (χ1n) is 11.5. The third-order valence-corrected chi connectivity index (χ3v) is 9.58. The van der Waals surface area contributed by atoms with Crippen LogP contribution >= 0.6 is 0 Å². The maximum absolute atomic E-state index is 13.4. The molecule has 0 radical (unpaired) electrons. The summed E-state index contributed by atoms with van der Waals surface area (Å²) < 4.78 is 0. The molecule has 0 aromatic heterocycles.